The van der Waals surface area contributed by atoms with Crippen LogP contribution in [0.5, 0.6) is 0 Å². The van der Waals surface area contributed by atoms with E-state index in [1.54, 1.807) is 0 Å². The lowest BCUT2D eigenvalue weighted by molar-refractivity contribution is -0.138. The number of hydrogen-bond acceptors (Lipinski definition) is 4. The smallest absolute Gasteiger partial charge is 0.416 e. The summed E-state index contributed by atoms with van der Waals surface area (Å²) in [5.41, 5.74) is -0.705. The molecule has 0 saturated carbocycles. The van der Waals surface area contributed by atoms with E-state index in [-0.39, 0.29) is 23.8 Å². The molecule has 128 valence electrons. The van der Waals surface area contributed by atoms with Gasteiger partial charge in [-0.15, -0.1) is 0 Å². The molecule has 24 heavy (non-hydrogen) atoms. The van der Waals surface area contributed by atoms with Gasteiger partial charge in [-0.25, -0.2) is 4.98 Å². The molecule has 0 aliphatic carbocycles. The SMILES string of the molecule is O=C(NCc1ccccc1C(F)(F)F)c1coc(C2CCCN2)n1. The number of hydrogen-bond donors (Lipinski definition) is 2. The van der Waals surface area contributed by atoms with E-state index in [1.165, 1.54) is 24.5 Å². The zero-order valence-corrected chi connectivity index (χ0v) is 12.7. The molecule has 1 aromatic heterocycles. The molecular weight excluding hydrogens is 323 g/mol. The van der Waals surface area contributed by atoms with E-state index in [0.29, 0.717) is 5.89 Å². The second kappa shape index (κ2) is 6.64. The van der Waals surface area contributed by atoms with E-state index in [4.69, 9.17) is 4.42 Å². The maximum Gasteiger partial charge on any atom is 0.416 e. The number of nitrogens with zero attached hydrogens (tertiary/aromatic N) is 1. The molecule has 2 heterocycles. The van der Waals surface area contributed by atoms with Crippen molar-refractivity contribution in [3.8, 4) is 0 Å². The van der Waals surface area contributed by atoms with Crippen LogP contribution in [-0.2, 0) is 12.7 Å². The molecule has 8 heteroatoms. The van der Waals surface area contributed by atoms with E-state index in [2.05, 4.69) is 15.6 Å². The van der Waals surface area contributed by atoms with Crippen LogP contribution in [-0.4, -0.2) is 17.4 Å². The number of nitrogens with one attached hydrogen (secondary N) is 2. The minimum Gasteiger partial charge on any atom is -0.446 e. The van der Waals surface area contributed by atoms with Crippen molar-refractivity contribution in [2.24, 2.45) is 0 Å². The van der Waals surface area contributed by atoms with Gasteiger partial charge >= 0.3 is 6.18 Å². The molecule has 1 aliphatic heterocycles. The Morgan fingerprint density at radius 2 is 2.17 bits per heavy atom. The number of carbonyl (C=O) groups excluding carboxylic acids is 1. The molecule has 1 aliphatic rings. The molecule has 1 unspecified atom stereocenters. The van der Waals surface area contributed by atoms with Crippen LogP contribution >= 0.6 is 0 Å². The summed E-state index contributed by atoms with van der Waals surface area (Å²) in [6.07, 6.45) is -1.36. The first-order valence-electron chi connectivity index (χ1n) is 7.57. The van der Waals surface area contributed by atoms with Gasteiger partial charge in [-0.05, 0) is 31.0 Å². The minimum absolute atomic E-state index is 0.000437. The van der Waals surface area contributed by atoms with Crippen molar-refractivity contribution in [1.29, 1.82) is 0 Å². The summed E-state index contributed by atoms with van der Waals surface area (Å²) >= 11 is 0. The highest BCUT2D eigenvalue weighted by molar-refractivity contribution is 5.91. The topological polar surface area (TPSA) is 67.2 Å². The highest BCUT2D eigenvalue weighted by atomic mass is 19.4. The number of amides is 1. The lowest BCUT2D eigenvalue weighted by Gasteiger charge is -2.12. The normalized spacial score (nSPS) is 17.9. The molecular formula is C16H16F3N3O2. The van der Waals surface area contributed by atoms with Crippen molar-refractivity contribution in [3.63, 3.8) is 0 Å². The molecule has 1 fully saturated rings. The van der Waals surface area contributed by atoms with Gasteiger partial charge in [0.1, 0.15) is 6.26 Å². The van der Waals surface area contributed by atoms with E-state index in [0.717, 1.165) is 25.5 Å². The third kappa shape index (κ3) is 3.59. The van der Waals surface area contributed by atoms with Gasteiger partial charge in [-0.2, -0.15) is 13.2 Å². The summed E-state index contributed by atoms with van der Waals surface area (Å²) in [6.45, 7) is 0.626. The largest absolute Gasteiger partial charge is 0.446 e. The first-order valence-corrected chi connectivity index (χ1v) is 7.57. The molecule has 1 atom stereocenters. The van der Waals surface area contributed by atoms with Gasteiger partial charge in [-0.1, -0.05) is 18.2 Å². The van der Waals surface area contributed by atoms with Gasteiger partial charge < -0.3 is 15.1 Å². The van der Waals surface area contributed by atoms with E-state index >= 15 is 0 Å². The predicted molar refractivity (Wildman–Crippen MR) is 79.1 cm³/mol. The van der Waals surface area contributed by atoms with Crippen LogP contribution in [0.1, 0.15) is 46.4 Å². The first kappa shape index (κ1) is 16.5. The van der Waals surface area contributed by atoms with Gasteiger partial charge in [0, 0.05) is 6.54 Å². The summed E-state index contributed by atoms with van der Waals surface area (Å²) in [4.78, 5) is 16.2. The Labute approximate surface area is 136 Å². The monoisotopic (exact) mass is 339 g/mol. The van der Waals surface area contributed by atoms with Gasteiger partial charge in [0.2, 0.25) is 5.89 Å². The molecule has 0 spiro atoms. The van der Waals surface area contributed by atoms with Crippen LogP contribution in [0, 0.1) is 0 Å². The lowest BCUT2D eigenvalue weighted by atomic mass is 10.1. The Hall–Kier alpha value is -2.35. The van der Waals surface area contributed by atoms with E-state index in [9.17, 15) is 18.0 Å². The van der Waals surface area contributed by atoms with Crippen molar-refractivity contribution in [3.05, 3.63) is 53.2 Å². The summed E-state index contributed by atoms with van der Waals surface area (Å²) in [5.74, 6) is -0.145. The fourth-order valence-electron chi connectivity index (χ4n) is 2.66. The molecule has 0 radical (unpaired) electrons. The van der Waals surface area contributed by atoms with Crippen molar-refractivity contribution in [2.45, 2.75) is 31.6 Å². The van der Waals surface area contributed by atoms with Crippen molar-refractivity contribution in [1.82, 2.24) is 15.6 Å². The molecule has 5 nitrogen and oxygen atoms in total. The van der Waals surface area contributed by atoms with Crippen LogP contribution in [0.4, 0.5) is 13.2 Å². The van der Waals surface area contributed by atoms with Crippen molar-refractivity contribution >= 4 is 5.91 Å². The maximum absolute atomic E-state index is 12.9. The predicted octanol–water partition coefficient (Wildman–Crippen LogP) is 3.05. The number of benzene rings is 1. The minimum atomic E-state index is -4.46. The highest BCUT2D eigenvalue weighted by Crippen LogP contribution is 2.31. The van der Waals surface area contributed by atoms with Crippen LogP contribution in [0.2, 0.25) is 0 Å². The summed E-state index contributed by atoms with van der Waals surface area (Å²) in [7, 11) is 0. The van der Waals surface area contributed by atoms with Crippen molar-refractivity contribution < 1.29 is 22.4 Å². The fraction of sp³-hybridized carbons (Fsp3) is 0.375. The molecule has 2 N–H and O–H groups in total. The molecule has 1 saturated heterocycles. The third-order valence-electron chi connectivity index (χ3n) is 3.88. The Morgan fingerprint density at radius 1 is 1.38 bits per heavy atom. The van der Waals surface area contributed by atoms with E-state index in [1.807, 2.05) is 0 Å². The van der Waals surface area contributed by atoms with Gasteiger partial charge in [-0.3, -0.25) is 4.79 Å². The Kier molecular flexibility index (Phi) is 4.57. The Morgan fingerprint density at radius 3 is 2.88 bits per heavy atom. The first-order chi connectivity index (χ1) is 11.4. The van der Waals surface area contributed by atoms with Crippen LogP contribution in [0.3, 0.4) is 0 Å². The molecule has 0 bridgehead atoms. The average Bonchev–Trinajstić information content (AvgIpc) is 3.22. The number of rotatable bonds is 4. The summed E-state index contributed by atoms with van der Waals surface area (Å²) in [6, 6.07) is 5.11. The second-order valence-electron chi connectivity index (χ2n) is 5.56. The lowest BCUT2D eigenvalue weighted by Crippen LogP contribution is -2.25. The standard InChI is InChI=1S/C16H16F3N3O2/c17-16(18,19)11-5-2-1-4-10(11)8-21-14(23)13-9-24-15(22-13)12-6-3-7-20-12/h1-2,4-5,9,12,20H,3,6-8H2,(H,21,23). The third-order valence-corrected chi connectivity index (χ3v) is 3.88. The number of carbonyl (C=O) groups is 1. The molecule has 2 aromatic rings. The number of halogens is 3. The second-order valence-corrected chi connectivity index (χ2v) is 5.56. The quantitative estimate of drug-likeness (QED) is 0.898. The highest BCUT2D eigenvalue weighted by Gasteiger charge is 2.33. The Bertz CT molecular complexity index is 721. The summed E-state index contributed by atoms with van der Waals surface area (Å²) in [5, 5.41) is 5.64. The Balaban J connectivity index is 1.66. The maximum atomic E-state index is 12.9. The average molecular weight is 339 g/mol. The molecule has 1 aromatic carbocycles. The van der Waals surface area contributed by atoms with Crippen LogP contribution < -0.4 is 10.6 Å². The van der Waals surface area contributed by atoms with Crippen molar-refractivity contribution in [2.75, 3.05) is 6.54 Å². The van der Waals surface area contributed by atoms with Crippen LogP contribution in [0.15, 0.2) is 34.9 Å². The zero-order valence-electron chi connectivity index (χ0n) is 12.7. The zero-order chi connectivity index (χ0) is 17.2. The van der Waals surface area contributed by atoms with Gasteiger partial charge in [0.15, 0.2) is 5.69 Å². The molecule has 3 rings (SSSR count). The van der Waals surface area contributed by atoms with Crippen LogP contribution in [0.25, 0.3) is 0 Å². The van der Waals surface area contributed by atoms with Gasteiger partial charge in [0.25, 0.3) is 5.91 Å². The summed E-state index contributed by atoms with van der Waals surface area (Å²) < 4.78 is 44.1. The fourth-order valence-corrected chi connectivity index (χ4v) is 2.66. The van der Waals surface area contributed by atoms with E-state index < -0.39 is 17.6 Å². The number of alkyl halides is 3. The number of aromatic nitrogens is 1. The number of oxazole rings is 1. The molecule has 1 amide bonds. The van der Waals surface area contributed by atoms with Gasteiger partial charge in [0.05, 0.1) is 11.6 Å².